The molecule has 0 aromatic heterocycles. The summed E-state index contributed by atoms with van der Waals surface area (Å²) >= 11 is 3.46. The summed E-state index contributed by atoms with van der Waals surface area (Å²) in [4.78, 5) is 14.5. The summed E-state index contributed by atoms with van der Waals surface area (Å²) in [7, 11) is 0. The Balaban J connectivity index is 0.00000156. The second kappa shape index (κ2) is 10.6. The van der Waals surface area contributed by atoms with Gasteiger partial charge in [0.05, 0.1) is 6.10 Å². The normalized spacial score (nSPS) is 25.2. The van der Waals surface area contributed by atoms with Gasteiger partial charge in [0.1, 0.15) is 6.10 Å². The average Bonchev–Trinajstić information content (AvgIpc) is 3.22. The Morgan fingerprint density at radius 1 is 1.24 bits per heavy atom. The van der Waals surface area contributed by atoms with Crippen LogP contribution in [0.5, 0.6) is 0 Å². The van der Waals surface area contributed by atoms with Gasteiger partial charge in [-0.1, -0.05) is 15.9 Å². The van der Waals surface area contributed by atoms with Gasteiger partial charge in [-0.05, 0) is 49.4 Å². The van der Waals surface area contributed by atoms with Crippen molar-refractivity contribution in [2.45, 2.75) is 31.5 Å². The van der Waals surface area contributed by atoms with Crippen LogP contribution >= 0.6 is 40.7 Å². The molecule has 3 rings (SSSR count). The van der Waals surface area contributed by atoms with Gasteiger partial charge in [0.2, 0.25) is 5.91 Å². The maximum absolute atomic E-state index is 12.2. The van der Waals surface area contributed by atoms with E-state index >= 15 is 0 Å². The van der Waals surface area contributed by atoms with E-state index in [0.717, 1.165) is 43.4 Å². The molecule has 142 valence electrons. The molecule has 25 heavy (non-hydrogen) atoms. The van der Waals surface area contributed by atoms with Crippen molar-refractivity contribution in [1.29, 1.82) is 0 Å². The second-order valence-corrected chi connectivity index (χ2v) is 7.30. The van der Waals surface area contributed by atoms with Crippen LogP contribution in [0.15, 0.2) is 28.7 Å². The zero-order valence-electron chi connectivity index (χ0n) is 14.0. The zero-order chi connectivity index (χ0) is 16.2. The number of nitrogens with zero attached hydrogens (tertiary/aromatic N) is 1. The van der Waals surface area contributed by atoms with Crippen LogP contribution in [-0.4, -0.2) is 44.3 Å². The van der Waals surface area contributed by atoms with Gasteiger partial charge in [-0.2, -0.15) is 0 Å². The van der Waals surface area contributed by atoms with Gasteiger partial charge < -0.3 is 20.7 Å². The molecular formula is C17H26BrCl2N3O2. The van der Waals surface area contributed by atoms with Crippen LogP contribution in [0.25, 0.3) is 0 Å². The molecule has 2 saturated heterocycles. The number of halogens is 3. The topological polar surface area (TPSA) is 67.6 Å². The molecule has 3 N–H and O–H groups in total. The summed E-state index contributed by atoms with van der Waals surface area (Å²) in [6.07, 6.45) is 2.50. The number of carbonyl (C=O) groups is 1. The predicted octanol–water partition coefficient (Wildman–Crippen LogP) is 2.74. The van der Waals surface area contributed by atoms with Crippen LogP contribution in [0.2, 0.25) is 0 Å². The smallest absolute Gasteiger partial charge is 0.249 e. The van der Waals surface area contributed by atoms with E-state index in [2.05, 4.69) is 50.4 Å². The maximum Gasteiger partial charge on any atom is 0.249 e. The lowest BCUT2D eigenvalue weighted by Gasteiger charge is -2.19. The first-order chi connectivity index (χ1) is 11.2. The van der Waals surface area contributed by atoms with Crippen LogP contribution in [0.3, 0.4) is 0 Å². The molecule has 8 heteroatoms. The molecule has 0 saturated carbocycles. The number of hydrogen-bond acceptors (Lipinski definition) is 4. The first-order valence-electron chi connectivity index (χ1n) is 8.29. The molecule has 2 fully saturated rings. The maximum atomic E-state index is 12.2. The molecule has 1 amide bonds. The molecule has 0 spiro atoms. The van der Waals surface area contributed by atoms with Gasteiger partial charge in [-0.25, -0.2) is 0 Å². The zero-order valence-corrected chi connectivity index (χ0v) is 17.2. The molecule has 3 atom stereocenters. The Morgan fingerprint density at radius 2 is 1.96 bits per heavy atom. The molecule has 5 nitrogen and oxygen atoms in total. The van der Waals surface area contributed by atoms with E-state index in [1.54, 1.807) is 0 Å². The molecule has 0 aliphatic carbocycles. The van der Waals surface area contributed by atoms with Crippen molar-refractivity contribution < 1.29 is 9.53 Å². The van der Waals surface area contributed by atoms with Crippen molar-refractivity contribution in [3.05, 3.63) is 28.7 Å². The minimum atomic E-state index is -0.312. The van der Waals surface area contributed by atoms with Crippen LogP contribution in [0, 0.1) is 5.92 Å². The Bertz CT molecular complexity index is 547. The van der Waals surface area contributed by atoms with Crippen molar-refractivity contribution in [1.82, 2.24) is 5.32 Å². The van der Waals surface area contributed by atoms with Crippen molar-refractivity contribution >= 4 is 52.3 Å². The number of carbonyl (C=O) groups excluding carboxylic acids is 1. The van der Waals surface area contributed by atoms with Crippen molar-refractivity contribution in [2.75, 3.05) is 31.1 Å². The number of nitrogens with two attached hydrogens (primary N) is 1. The standard InChI is InChI=1S/C17H24BrN3O2.2ClH/c18-13-1-3-14(4-2-13)21-8-7-12(11-21)10-20-17(22)16-6-5-15(9-19)23-16;;/h1-4,12,15-16H,5-11,19H2,(H,20,22);2*1H/t12?,15-,16+;;/m1../s1. The highest BCUT2D eigenvalue weighted by atomic mass is 79.9. The van der Waals surface area contributed by atoms with E-state index < -0.39 is 0 Å². The van der Waals surface area contributed by atoms with E-state index in [9.17, 15) is 4.79 Å². The number of ether oxygens (including phenoxy) is 1. The molecule has 0 bridgehead atoms. The SMILES string of the molecule is Cl.Cl.NC[C@H]1CC[C@@H](C(=O)NCC2CCN(c3ccc(Br)cc3)C2)O1. The number of benzene rings is 1. The highest BCUT2D eigenvalue weighted by Crippen LogP contribution is 2.25. The summed E-state index contributed by atoms with van der Waals surface area (Å²) < 4.78 is 6.73. The van der Waals surface area contributed by atoms with E-state index in [4.69, 9.17) is 10.5 Å². The Labute approximate surface area is 170 Å². The fourth-order valence-corrected chi connectivity index (χ4v) is 3.58. The fraction of sp³-hybridized carbons (Fsp3) is 0.588. The molecule has 1 aromatic rings. The lowest BCUT2D eigenvalue weighted by molar-refractivity contribution is -0.132. The summed E-state index contributed by atoms with van der Waals surface area (Å²) in [6, 6.07) is 8.39. The number of rotatable bonds is 5. The fourth-order valence-electron chi connectivity index (χ4n) is 3.32. The minimum Gasteiger partial charge on any atom is -0.371 e. The number of hydrogen-bond donors (Lipinski definition) is 2. The molecule has 1 unspecified atom stereocenters. The lowest BCUT2D eigenvalue weighted by Crippen LogP contribution is -2.38. The first kappa shape index (κ1) is 22.5. The third-order valence-electron chi connectivity index (χ3n) is 4.71. The van der Waals surface area contributed by atoms with E-state index in [1.807, 2.05) is 0 Å². The van der Waals surface area contributed by atoms with E-state index in [1.165, 1.54) is 5.69 Å². The first-order valence-corrected chi connectivity index (χ1v) is 9.08. The molecule has 0 radical (unpaired) electrons. The Morgan fingerprint density at radius 3 is 2.60 bits per heavy atom. The van der Waals surface area contributed by atoms with Crippen LogP contribution in [0.4, 0.5) is 5.69 Å². The van der Waals surface area contributed by atoms with Gasteiger partial charge in [-0.3, -0.25) is 4.79 Å². The van der Waals surface area contributed by atoms with Crippen LogP contribution in [-0.2, 0) is 9.53 Å². The monoisotopic (exact) mass is 453 g/mol. The average molecular weight is 455 g/mol. The van der Waals surface area contributed by atoms with E-state index in [0.29, 0.717) is 12.5 Å². The number of nitrogens with one attached hydrogen (secondary N) is 1. The predicted molar refractivity (Wildman–Crippen MR) is 109 cm³/mol. The van der Waals surface area contributed by atoms with Gasteiger partial charge in [-0.15, -0.1) is 24.8 Å². The summed E-state index contributed by atoms with van der Waals surface area (Å²) in [5.74, 6) is 0.511. The summed E-state index contributed by atoms with van der Waals surface area (Å²) in [6.45, 7) is 3.24. The van der Waals surface area contributed by atoms with Gasteiger partial charge in [0.15, 0.2) is 0 Å². The Kier molecular flexibility index (Phi) is 9.52. The number of amides is 1. The molecule has 2 aliphatic rings. The third-order valence-corrected chi connectivity index (χ3v) is 5.23. The van der Waals surface area contributed by atoms with Gasteiger partial charge >= 0.3 is 0 Å². The molecule has 2 aliphatic heterocycles. The van der Waals surface area contributed by atoms with Gasteiger partial charge in [0, 0.05) is 36.3 Å². The van der Waals surface area contributed by atoms with Crippen LogP contribution in [0.1, 0.15) is 19.3 Å². The molecular weight excluding hydrogens is 429 g/mol. The third kappa shape index (κ3) is 6.00. The van der Waals surface area contributed by atoms with Crippen molar-refractivity contribution in [3.8, 4) is 0 Å². The largest absolute Gasteiger partial charge is 0.371 e. The minimum absolute atomic E-state index is 0. The second-order valence-electron chi connectivity index (χ2n) is 6.38. The quantitative estimate of drug-likeness (QED) is 0.717. The van der Waals surface area contributed by atoms with E-state index in [-0.39, 0.29) is 42.9 Å². The summed E-state index contributed by atoms with van der Waals surface area (Å²) in [5, 5.41) is 3.05. The molecule has 1 aromatic carbocycles. The molecule has 2 heterocycles. The van der Waals surface area contributed by atoms with Crippen molar-refractivity contribution in [3.63, 3.8) is 0 Å². The van der Waals surface area contributed by atoms with Crippen LogP contribution < -0.4 is 16.0 Å². The Hall–Kier alpha value is -0.530. The lowest BCUT2D eigenvalue weighted by atomic mass is 10.1. The van der Waals surface area contributed by atoms with Crippen molar-refractivity contribution in [2.24, 2.45) is 11.7 Å². The summed E-state index contributed by atoms with van der Waals surface area (Å²) in [5.41, 5.74) is 6.83. The highest BCUT2D eigenvalue weighted by molar-refractivity contribution is 9.10. The highest BCUT2D eigenvalue weighted by Gasteiger charge is 2.30. The number of anilines is 1. The van der Waals surface area contributed by atoms with Gasteiger partial charge in [0.25, 0.3) is 0 Å².